The summed E-state index contributed by atoms with van der Waals surface area (Å²) in [6, 6.07) is 5.34. The average Bonchev–Trinajstić information content (AvgIpc) is 2.92. The summed E-state index contributed by atoms with van der Waals surface area (Å²) in [5.41, 5.74) is 0.495. The van der Waals surface area contributed by atoms with Gasteiger partial charge < -0.3 is 16.0 Å². The molecule has 0 heterocycles. The minimum Gasteiger partial charge on any atom is -0.335 e. The molecule has 3 N–H and O–H groups in total. The predicted octanol–water partition coefficient (Wildman–Crippen LogP) is 2.01. The number of amides is 3. The Morgan fingerprint density at radius 3 is 2.45 bits per heavy atom. The third-order valence-electron chi connectivity index (χ3n) is 3.23. The molecule has 0 bridgehead atoms. The van der Waals surface area contributed by atoms with E-state index in [0.29, 0.717) is 5.69 Å². The number of anilines is 1. The lowest BCUT2D eigenvalue weighted by Crippen LogP contribution is -2.43. The summed E-state index contributed by atoms with van der Waals surface area (Å²) in [6.45, 7) is -0.115. The van der Waals surface area contributed by atoms with E-state index in [1.165, 1.54) is 24.3 Å². The van der Waals surface area contributed by atoms with Crippen LogP contribution in [0.4, 0.5) is 14.9 Å². The molecule has 1 aromatic rings. The fraction of sp³-hybridized carbons (Fsp3) is 0.429. The van der Waals surface area contributed by atoms with Crippen LogP contribution in [0.2, 0.25) is 0 Å². The van der Waals surface area contributed by atoms with Crippen LogP contribution in [-0.4, -0.2) is 24.5 Å². The third-order valence-corrected chi connectivity index (χ3v) is 3.23. The highest BCUT2D eigenvalue weighted by atomic mass is 19.1. The van der Waals surface area contributed by atoms with Crippen molar-refractivity contribution < 1.29 is 14.0 Å². The van der Waals surface area contributed by atoms with E-state index in [4.69, 9.17) is 0 Å². The van der Waals surface area contributed by atoms with Gasteiger partial charge in [0, 0.05) is 11.7 Å². The molecule has 1 fully saturated rings. The summed E-state index contributed by atoms with van der Waals surface area (Å²) < 4.78 is 12.7. The number of urea groups is 1. The molecule has 1 aliphatic rings. The Labute approximate surface area is 116 Å². The molecule has 0 spiro atoms. The molecule has 0 radical (unpaired) electrons. The number of carbonyl (C=O) groups is 2. The number of halogens is 1. The lowest BCUT2D eigenvalue weighted by atomic mass is 10.2. The van der Waals surface area contributed by atoms with Crippen molar-refractivity contribution in [3.05, 3.63) is 30.1 Å². The van der Waals surface area contributed by atoms with Crippen molar-refractivity contribution in [2.45, 2.75) is 31.7 Å². The summed E-state index contributed by atoms with van der Waals surface area (Å²) in [4.78, 5) is 23.1. The maximum atomic E-state index is 12.7. The van der Waals surface area contributed by atoms with E-state index in [-0.39, 0.29) is 30.3 Å². The fourth-order valence-electron chi connectivity index (χ4n) is 2.21. The van der Waals surface area contributed by atoms with E-state index < -0.39 is 0 Å². The van der Waals surface area contributed by atoms with Crippen molar-refractivity contribution in [2.75, 3.05) is 11.9 Å². The second-order valence-electron chi connectivity index (χ2n) is 4.86. The largest absolute Gasteiger partial charge is 0.335 e. The molecule has 0 saturated heterocycles. The standard InChI is InChI=1S/C14H18FN3O2/c15-10-5-7-12(8-6-10)17-13(19)9-16-14(20)18-11-3-1-2-4-11/h5-8,11H,1-4,9H2,(H,17,19)(H2,16,18,20). The molecule has 1 aliphatic carbocycles. The minimum atomic E-state index is -0.364. The zero-order valence-electron chi connectivity index (χ0n) is 11.1. The molecule has 1 saturated carbocycles. The molecule has 2 rings (SSSR count). The SMILES string of the molecule is O=C(CNC(=O)NC1CCCC1)Nc1ccc(F)cc1. The number of carbonyl (C=O) groups excluding carboxylic acids is 2. The van der Waals surface area contributed by atoms with Crippen LogP contribution < -0.4 is 16.0 Å². The van der Waals surface area contributed by atoms with Crippen LogP contribution in [0.25, 0.3) is 0 Å². The van der Waals surface area contributed by atoms with Gasteiger partial charge in [0.05, 0.1) is 6.54 Å². The van der Waals surface area contributed by atoms with Gasteiger partial charge in [-0.05, 0) is 37.1 Å². The second-order valence-corrected chi connectivity index (χ2v) is 4.86. The average molecular weight is 279 g/mol. The molecule has 0 atom stereocenters. The van der Waals surface area contributed by atoms with Gasteiger partial charge in [0.25, 0.3) is 0 Å². The van der Waals surface area contributed by atoms with Gasteiger partial charge in [-0.1, -0.05) is 12.8 Å². The van der Waals surface area contributed by atoms with Crippen LogP contribution in [0.5, 0.6) is 0 Å². The summed E-state index contributed by atoms with van der Waals surface area (Å²) in [5.74, 6) is -0.713. The predicted molar refractivity (Wildman–Crippen MR) is 73.8 cm³/mol. The lowest BCUT2D eigenvalue weighted by molar-refractivity contribution is -0.115. The molecule has 5 nitrogen and oxygen atoms in total. The Kier molecular flexibility index (Phi) is 4.92. The molecule has 0 unspecified atom stereocenters. The molecule has 6 heteroatoms. The summed E-state index contributed by atoms with van der Waals surface area (Å²) >= 11 is 0. The van der Waals surface area contributed by atoms with Gasteiger partial charge in [0.1, 0.15) is 5.82 Å². The molecule has 0 aliphatic heterocycles. The molecule has 108 valence electrons. The van der Waals surface area contributed by atoms with Gasteiger partial charge in [-0.15, -0.1) is 0 Å². The number of hydrogen-bond donors (Lipinski definition) is 3. The Morgan fingerprint density at radius 2 is 1.80 bits per heavy atom. The lowest BCUT2D eigenvalue weighted by Gasteiger charge is -2.12. The first kappa shape index (κ1) is 14.3. The van der Waals surface area contributed by atoms with E-state index in [1.807, 2.05) is 0 Å². The maximum absolute atomic E-state index is 12.7. The molecule has 1 aromatic carbocycles. The maximum Gasteiger partial charge on any atom is 0.315 e. The fourth-order valence-corrected chi connectivity index (χ4v) is 2.21. The highest BCUT2D eigenvalue weighted by Crippen LogP contribution is 2.17. The van der Waals surface area contributed by atoms with Crippen molar-refractivity contribution in [3.63, 3.8) is 0 Å². The number of benzene rings is 1. The van der Waals surface area contributed by atoms with Crippen LogP contribution in [0.15, 0.2) is 24.3 Å². The number of rotatable bonds is 4. The van der Waals surface area contributed by atoms with Crippen LogP contribution >= 0.6 is 0 Å². The van der Waals surface area contributed by atoms with Gasteiger partial charge in [-0.25, -0.2) is 9.18 Å². The monoisotopic (exact) mass is 279 g/mol. The van der Waals surface area contributed by atoms with Gasteiger partial charge in [-0.2, -0.15) is 0 Å². The van der Waals surface area contributed by atoms with Crippen molar-refractivity contribution in [3.8, 4) is 0 Å². The van der Waals surface area contributed by atoms with Crippen LogP contribution in [0.1, 0.15) is 25.7 Å². The Bertz CT molecular complexity index is 470. The summed E-state index contributed by atoms with van der Waals surface area (Å²) in [7, 11) is 0. The Hall–Kier alpha value is -2.11. The smallest absolute Gasteiger partial charge is 0.315 e. The molecule has 20 heavy (non-hydrogen) atoms. The first-order chi connectivity index (χ1) is 9.63. The van der Waals surface area contributed by atoms with Crippen LogP contribution in [0.3, 0.4) is 0 Å². The third kappa shape index (κ3) is 4.53. The van der Waals surface area contributed by atoms with Gasteiger partial charge in [-0.3, -0.25) is 4.79 Å². The molecular formula is C14H18FN3O2. The minimum absolute atomic E-state index is 0.115. The van der Waals surface area contributed by atoms with E-state index in [9.17, 15) is 14.0 Å². The zero-order valence-corrected chi connectivity index (χ0v) is 11.1. The first-order valence-electron chi connectivity index (χ1n) is 6.73. The normalized spacial score (nSPS) is 14.8. The molecular weight excluding hydrogens is 261 g/mol. The van der Waals surface area contributed by atoms with Gasteiger partial charge >= 0.3 is 6.03 Å². The highest BCUT2D eigenvalue weighted by molar-refractivity contribution is 5.94. The van der Waals surface area contributed by atoms with Crippen molar-refractivity contribution in [2.24, 2.45) is 0 Å². The van der Waals surface area contributed by atoms with Crippen LogP contribution in [0, 0.1) is 5.82 Å². The molecule has 3 amide bonds. The van der Waals surface area contributed by atoms with Gasteiger partial charge in [0.2, 0.25) is 5.91 Å². The second kappa shape index (κ2) is 6.88. The zero-order chi connectivity index (χ0) is 14.4. The van der Waals surface area contributed by atoms with E-state index in [1.54, 1.807) is 0 Å². The van der Waals surface area contributed by atoms with Crippen LogP contribution in [-0.2, 0) is 4.79 Å². The first-order valence-corrected chi connectivity index (χ1v) is 6.73. The summed E-state index contributed by atoms with van der Waals surface area (Å²) in [5, 5.41) is 7.90. The van der Waals surface area contributed by atoms with Gasteiger partial charge in [0.15, 0.2) is 0 Å². The van der Waals surface area contributed by atoms with Crippen molar-refractivity contribution in [1.82, 2.24) is 10.6 Å². The number of hydrogen-bond acceptors (Lipinski definition) is 2. The van der Waals surface area contributed by atoms with Crippen molar-refractivity contribution in [1.29, 1.82) is 0 Å². The van der Waals surface area contributed by atoms with Crippen molar-refractivity contribution >= 4 is 17.6 Å². The highest BCUT2D eigenvalue weighted by Gasteiger charge is 2.17. The van der Waals surface area contributed by atoms with E-state index >= 15 is 0 Å². The Morgan fingerprint density at radius 1 is 1.15 bits per heavy atom. The topological polar surface area (TPSA) is 70.2 Å². The van der Waals surface area contributed by atoms with E-state index in [2.05, 4.69) is 16.0 Å². The Balaban J connectivity index is 1.69. The summed E-state index contributed by atoms with van der Waals surface area (Å²) in [6.07, 6.45) is 4.26. The van der Waals surface area contributed by atoms with E-state index in [0.717, 1.165) is 25.7 Å². The quantitative estimate of drug-likeness (QED) is 0.789. The number of nitrogens with one attached hydrogen (secondary N) is 3. The molecule has 0 aromatic heterocycles.